The molecule has 1 rings (SSSR count). The molecule has 0 aromatic heterocycles. The number of carbonyl (C=O) groups is 1. The smallest absolute Gasteiger partial charge is 0.229 e. The molecule has 1 nitrogen and oxygen atoms in total. The minimum atomic E-state index is 0.227. The van der Waals surface area contributed by atoms with Crippen molar-refractivity contribution in [3.63, 3.8) is 0 Å². The van der Waals surface area contributed by atoms with Crippen LogP contribution in [0.15, 0.2) is 12.2 Å². The van der Waals surface area contributed by atoms with Crippen LogP contribution in [-0.2, 0) is 4.79 Å². The second-order valence-electron chi connectivity index (χ2n) is 6.13. The molecule has 2 atom stereocenters. The van der Waals surface area contributed by atoms with Gasteiger partial charge in [0.25, 0.3) is 0 Å². The van der Waals surface area contributed by atoms with Crippen LogP contribution in [0.1, 0.15) is 59.3 Å². The number of rotatable bonds is 6. The normalized spacial score (nSPS) is 24.4. The number of carbonyl (C=O) groups excluding carboxylic acids is 1. The van der Waals surface area contributed by atoms with Gasteiger partial charge in [-0.25, -0.2) is 0 Å². The Balaban J connectivity index is 2.49. The minimum Gasteiger partial charge on any atom is -0.306 e. The average molecular weight is 248 g/mol. The summed E-state index contributed by atoms with van der Waals surface area (Å²) in [6.45, 7) is 10.3. The molecule has 1 aliphatic rings. The Morgan fingerprint density at radius 3 is 2.33 bits per heavy atom. The summed E-state index contributed by atoms with van der Waals surface area (Å²) in [6, 6.07) is 0. The van der Waals surface area contributed by atoms with Crippen LogP contribution in [0.25, 0.3) is 0 Å². The fourth-order valence-electron chi connectivity index (χ4n) is 3.31. The van der Waals surface area contributed by atoms with Crippen molar-refractivity contribution in [2.24, 2.45) is 11.8 Å². The third-order valence-electron chi connectivity index (χ3n) is 4.69. The van der Waals surface area contributed by atoms with Crippen LogP contribution in [0.2, 0.25) is 12.6 Å². The van der Waals surface area contributed by atoms with Crippen LogP contribution < -0.4 is 0 Å². The highest BCUT2D eigenvalue weighted by Crippen LogP contribution is 2.32. The van der Waals surface area contributed by atoms with Crippen LogP contribution in [0, 0.1) is 11.8 Å². The third-order valence-corrected chi connectivity index (χ3v) is 4.69. The fraction of sp³-hybridized carbons (Fsp3) is 0.812. The van der Waals surface area contributed by atoms with E-state index in [1.54, 1.807) is 0 Å². The predicted octanol–water partition coefficient (Wildman–Crippen LogP) is 4.79. The first-order chi connectivity index (χ1) is 8.58. The molecule has 0 aliphatic heterocycles. The molecule has 0 radical (unpaired) electrons. The van der Waals surface area contributed by atoms with Gasteiger partial charge in [-0.1, -0.05) is 71.6 Å². The van der Waals surface area contributed by atoms with E-state index in [0.717, 1.165) is 30.0 Å². The Morgan fingerprint density at radius 1 is 1.17 bits per heavy atom. The van der Waals surface area contributed by atoms with Crippen LogP contribution in [0.4, 0.5) is 0 Å². The van der Waals surface area contributed by atoms with E-state index in [-0.39, 0.29) is 6.71 Å². The molecule has 102 valence electrons. The van der Waals surface area contributed by atoms with Gasteiger partial charge in [0, 0.05) is 0 Å². The van der Waals surface area contributed by atoms with Gasteiger partial charge < -0.3 is 4.79 Å². The molecule has 2 heteroatoms. The van der Waals surface area contributed by atoms with E-state index >= 15 is 0 Å². The molecule has 0 bridgehead atoms. The Bertz CT molecular complexity index is 285. The first-order valence-electron chi connectivity index (χ1n) is 7.78. The molecular weight excluding hydrogens is 219 g/mol. The van der Waals surface area contributed by atoms with Crippen molar-refractivity contribution in [3.05, 3.63) is 12.2 Å². The van der Waals surface area contributed by atoms with Gasteiger partial charge in [-0.2, -0.15) is 0 Å². The second-order valence-corrected chi connectivity index (χ2v) is 6.13. The van der Waals surface area contributed by atoms with E-state index in [2.05, 4.69) is 20.4 Å². The van der Waals surface area contributed by atoms with Gasteiger partial charge in [0.1, 0.15) is 5.68 Å². The summed E-state index contributed by atoms with van der Waals surface area (Å²) in [5.74, 6) is 1.71. The zero-order chi connectivity index (χ0) is 13.5. The monoisotopic (exact) mass is 248 g/mol. The van der Waals surface area contributed by atoms with Crippen molar-refractivity contribution in [1.82, 2.24) is 0 Å². The van der Waals surface area contributed by atoms with Crippen molar-refractivity contribution in [1.29, 1.82) is 0 Å². The Hall–Kier alpha value is -0.525. The SMILES string of the molecule is C=C(C)C(=O)B(CC)CC1CCCC(CC)CC1. The summed E-state index contributed by atoms with van der Waals surface area (Å²) in [5.41, 5.74) is 1.04. The lowest BCUT2D eigenvalue weighted by atomic mass is 9.39. The quantitative estimate of drug-likeness (QED) is 0.375. The first kappa shape index (κ1) is 15.5. The molecule has 1 saturated carbocycles. The van der Waals surface area contributed by atoms with Crippen molar-refractivity contribution >= 4 is 12.4 Å². The maximum atomic E-state index is 12.1. The predicted molar refractivity (Wildman–Crippen MR) is 81.2 cm³/mol. The molecule has 2 unspecified atom stereocenters. The van der Waals surface area contributed by atoms with Crippen LogP contribution >= 0.6 is 0 Å². The highest BCUT2D eigenvalue weighted by molar-refractivity contribution is 6.92. The molecule has 1 aliphatic carbocycles. The van der Waals surface area contributed by atoms with Gasteiger partial charge in [0.15, 0.2) is 0 Å². The highest BCUT2D eigenvalue weighted by Gasteiger charge is 2.27. The molecule has 0 saturated heterocycles. The lowest BCUT2D eigenvalue weighted by Crippen LogP contribution is -2.28. The van der Waals surface area contributed by atoms with Gasteiger partial charge in [0.05, 0.1) is 0 Å². The van der Waals surface area contributed by atoms with E-state index in [1.165, 1.54) is 38.5 Å². The summed E-state index contributed by atoms with van der Waals surface area (Å²) < 4.78 is 0. The van der Waals surface area contributed by atoms with Crippen molar-refractivity contribution in [2.75, 3.05) is 0 Å². The molecule has 0 heterocycles. The molecule has 1 fully saturated rings. The highest BCUT2D eigenvalue weighted by atomic mass is 16.1. The zero-order valence-corrected chi connectivity index (χ0v) is 12.5. The van der Waals surface area contributed by atoms with Crippen molar-refractivity contribution < 1.29 is 4.79 Å². The number of allylic oxidation sites excluding steroid dienone is 1. The zero-order valence-electron chi connectivity index (χ0n) is 12.5. The molecule has 0 spiro atoms. The summed E-state index contributed by atoms with van der Waals surface area (Å²) in [4.78, 5) is 12.1. The van der Waals surface area contributed by atoms with Crippen LogP contribution in [-0.4, -0.2) is 12.4 Å². The molecular formula is C16H29BO. The Morgan fingerprint density at radius 2 is 1.78 bits per heavy atom. The van der Waals surface area contributed by atoms with Gasteiger partial charge in [-0.3, -0.25) is 0 Å². The maximum Gasteiger partial charge on any atom is 0.229 e. The third kappa shape index (κ3) is 4.63. The summed E-state index contributed by atoms with van der Waals surface area (Å²) in [7, 11) is 0. The number of hydrogen-bond donors (Lipinski definition) is 0. The molecule has 0 amide bonds. The average Bonchev–Trinajstić information content (AvgIpc) is 2.59. The van der Waals surface area contributed by atoms with Gasteiger partial charge in [-0.05, 0) is 24.3 Å². The van der Waals surface area contributed by atoms with E-state index < -0.39 is 0 Å². The topological polar surface area (TPSA) is 17.1 Å². The molecule has 18 heavy (non-hydrogen) atoms. The number of hydrogen-bond acceptors (Lipinski definition) is 1. The van der Waals surface area contributed by atoms with E-state index in [9.17, 15) is 4.79 Å². The molecule has 0 N–H and O–H groups in total. The van der Waals surface area contributed by atoms with E-state index in [4.69, 9.17) is 0 Å². The van der Waals surface area contributed by atoms with Crippen molar-refractivity contribution in [3.8, 4) is 0 Å². The second kappa shape index (κ2) is 7.81. The van der Waals surface area contributed by atoms with E-state index in [0.29, 0.717) is 5.68 Å². The fourth-order valence-corrected chi connectivity index (χ4v) is 3.31. The summed E-state index contributed by atoms with van der Waals surface area (Å²) >= 11 is 0. The van der Waals surface area contributed by atoms with E-state index in [1.807, 2.05) is 6.92 Å². The Kier molecular flexibility index (Phi) is 6.74. The lowest BCUT2D eigenvalue weighted by Gasteiger charge is -2.18. The first-order valence-corrected chi connectivity index (χ1v) is 7.78. The van der Waals surface area contributed by atoms with Gasteiger partial charge >= 0.3 is 0 Å². The van der Waals surface area contributed by atoms with Gasteiger partial charge in [-0.15, -0.1) is 0 Å². The van der Waals surface area contributed by atoms with Crippen molar-refractivity contribution in [2.45, 2.75) is 71.9 Å². The maximum absolute atomic E-state index is 12.1. The summed E-state index contributed by atoms with van der Waals surface area (Å²) in [6.07, 6.45) is 10.2. The largest absolute Gasteiger partial charge is 0.306 e. The molecule has 0 aromatic carbocycles. The minimum absolute atomic E-state index is 0.227. The van der Waals surface area contributed by atoms with Gasteiger partial charge in [0.2, 0.25) is 6.71 Å². The van der Waals surface area contributed by atoms with Crippen LogP contribution in [0.3, 0.4) is 0 Å². The van der Waals surface area contributed by atoms with Crippen LogP contribution in [0.5, 0.6) is 0 Å². The lowest BCUT2D eigenvalue weighted by molar-refractivity contribution is -0.109. The molecule has 0 aromatic rings. The Labute approximate surface area is 114 Å². The standard InChI is InChI=1S/C16H29BO/c1-5-14-8-7-9-15(11-10-14)12-17(6-2)16(18)13(3)4/h14-15H,3,5-12H2,1-2,4H3. The summed E-state index contributed by atoms with van der Waals surface area (Å²) in [5, 5.41) is 0.